The molecule has 1 fully saturated rings. The van der Waals surface area contributed by atoms with Crippen LogP contribution >= 0.6 is 11.6 Å². The second kappa shape index (κ2) is 8.51. The van der Waals surface area contributed by atoms with E-state index in [0.717, 1.165) is 15.5 Å². The van der Waals surface area contributed by atoms with E-state index in [0.29, 0.717) is 5.56 Å². The first kappa shape index (κ1) is 22.5. The van der Waals surface area contributed by atoms with Crippen molar-refractivity contribution in [3.63, 3.8) is 0 Å². The number of carbonyl (C=O) groups is 4. The third-order valence-electron chi connectivity index (χ3n) is 5.10. The number of nitrogens with zero attached hydrogens (tertiary/aromatic N) is 2. The van der Waals surface area contributed by atoms with Gasteiger partial charge in [0.05, 0.1) is 17.1 Å². The van der Waals surface area contributed by atoms with Crippen molar-refractivity contribution >= 4 is 40.9 Å². The highest BCUT2D eigenvalue weighted by Gasteiger charge is 2.45. The predicted octanol–water partition coefficient (Wildman–Crippen LogP) is 3.46. The molecule has 1 aliphatic rings. The van der Waals surface area contributed by atoms with Crippen molar-refractivity contribution < 1.29 is 19.2 Å². The fourth-order valence-corrected chi connectivity index (χ4v) is 3.60. The molecule has 4 amide bonds. The summed E-state index contributed by atoms with van der Waals surface area (Å²) in [6.45, 7) is 7.41. The SMILES string of the molecule is CC(=O)N(NC(=O)c1ccc(C(C)(C)C)cc1)C1CC(=O)N(c2ccccc2Cl)C1=O. The molecule has 3 rings (SSSR count). The summed E-state index contributed by atoms with van der Waals surface area (Å²) in [5, 5.41) is 1.15. The van der Waals surface area contributed by atoms with Gasteiger partial charge in [0, 0.05) is 12.5 Å². The number of carbonyl (C=O) groups excluding carboxylic acids is 4. The molecule has 162 valence electrons. The van der Waals surface area contributed by atoms with Gasteiger partial charge in [-0.3, -0.25) is 24.6 Å². The highest BCUT2D eigenvalue weighted by Crippen LogP contribution is 2.31. The van der Waals surface area contributed by atoms with Gasteiger partial charge in [-0.25, -0.2) is 9.91 Å². The van der Waals surface area contributed by atoms with E-state index in [1.807, 2.05) is 12.1 Å². The number of hydrazine groups is 1. The number of amides is 4. The minimum absolute atomic E-state index is 0.0702. The molecule has 1 saturated heterocycles. The van der Waals surface area contributed by atoms with Crippen LogP contribution in [-0.4, -0.2) is 34.7 Å². The lowest BCUT2D eigenvalue weighted by Gasteiger charge is -2.27. The quantitative estimate of drug-likeness (QED) is 0.583. The number of rotatable bonds is 3. The minimum Gasteiger partial charge on any atom is -0.274 e. The van der Waals surface area contributed by atoms with Gasteiger partial charge >= 0.3 is 0 Å². The van der Waals surface area contributed by atoms with Crippen LogP contribution in [0, 0.1) is 0 Å². The molecule has 0 bridgehead atoms. The van der Waals surface area contributed by atoms with Crippen molar-refractivity contribution in [1.29, 1.82) is 0 Å². The van der Waals surface area contributed by atoms with E-state index in [-0.39, 0.29) is 22.5 Å². The van der Waals surface area contributed by atoms with E-state index in [4.69, 9.17) is 11.6 Å². The smallest absolute Gasteiger partial charge is 0.269 e. The standard InChI is InChI=1S/C23H24ClN3O4/c1-14(28)27(25-21(30)15-9-11-16(12-10-15)23(2,3)4)19-13-20(29)26(22(19)31)18-8-6-5-7-17(18)24/h5-12,19H,13H2,1-4H3,(H,25,30). The molecule has 7 nitrogen and oxygen atoms in total. The van der Waals surface area contributed by atoms with E-state index in [2.05, 4.69) is 26.2 Å². The van der Waals surface area contributed by atoms with Crippen LogP contribution in [-0.2, 0) is 19.8 Å². The van der Waals surface area contributed by atoms with Crippen LogP contribution in [0.25, 0.3) is 0 Å². The molecular formula is C23H24ClN3O4. The van der Waals surface area contributed by atoms with Crippen LogP contribution in [0.2, 0.25) is 5.02 Å². The molecule has 2 aromatic rings. The van der Waals surface area contributed by atoms with Gasteiger partial charge in [-0.05, 0) is 35.2 Å². The van der Waals surface area contributed by atoms with Crippen LogP contribution in [0.1, 0.15) is 50.0 Å². The van der Waals surface area contributed by atoms with Gasteiger partial charge in [-0.15, -0.1) is 0 Å². The molecule has 1 atom stereocenters. The number of anilines is 1. The zero-order valence-corrected chi connectivity index (χ0v) is 18.6. The Balaban J connectivity index is 1.82. The van der Waals surface area contributed by atoms with Crippen molar-refractivity contribution in [2.45, 2.75) is 45.6 Å². The monoisotopic (exact) mass is 441 g/mol. The summed E-state index contributed by atoms with van der Waals surface area (Å²) < 4.78 is 0. The van der Waals surface area contributed by atoms with E-state index in [1.54, 1.807) is 36.4 Å². The van der Waals surface area contributed by atoms with Crippen LogP contribution < -0.4 is 10.3 Å². The Labute approximate surface area is 185 Å². The van der Waals surface area contributed by atoms with E-state index >= 15 is 0 Å². The Hall–Kier alpha value is -3.19. The Morgan fingerprint density at radius 2 is 1.68 bits per heavy atom. The summed E-state index contributed by atoms with van der Waals surface area (Å²) in [6, 6.07) is 12.3. The lowest BCUT2D eigenvalue weighted by atomic mass is 9.87. The molecule has 0 aromatic heterocycles. The van der Waals surface area contributed by atoms with Crippen LogP contribution in [0.5, 0.6) is 0 Å². The number of para-hydroxylation sites is 1. The second-order valence-electron chi connectivity index (χ2n) is 8.40. The van der Waals surface area contributed by atoms with Gasteiger partial charge in [0.25, 0.3) is 11.8 Å². The summed E-state index contributed by atoms with van der Waals surface area (Å²) in [6.07, 6.45) is -0.257. The summed E-state index contributed by atoms with van der Waals surface area (Å²) in [4.78, 5) is 51.5. The van der Waals surface area contributed by atoms with Crippen molar-refractivity contribution in [2.24, 2.45) is 0 Å². The molecule has 8 heteroatoms. The molecule has 0 spiro atoms. The Morgan fingerprint density at radius 3 is 2.23 bits per heavy atom. The molecule has 1 aliphatic heterocycles. The van der Waals surface area contributed by atoms with Crippen molar-refractivity contribution in [1.82, 2.24) is 10.4 Å². The molecular weight excluding hydrogens is 418 g/mol. The van der Waals surface area contributed by atoms with Crippen LogP contribution in [0.15, 0.2) is 48.5 Å². The summed E-state index contributed by atoms with van der Waals surface area (Å²) in [7, 11) is 0. The first-order valence-electron chi connectivity index (χ1n) is 9.83. The lowest BCUT2D eigenvalue weighted by Crippen LogP contribution is -2.54. The number of nitrogens with one attached hydrogen (secondary N) is 1. The van der Waals surface area contributed by atoms with E-state index in [1.165, 1.54) is 6.92 Å². The maximum atomic E-state index is 13.0. The number of hydrogen-bond acceptors (Lipinski definition) is 4. The first-order valence-corrected chi connectivity index (χ1v) is 10.2. The summed E-state index contributed by atoms with van der Waals surface area (Å²) in [5.41, 5.74) is 4.04. The molecule has 31 heavy (non-hydrogen) atoms. The number of benzene rings is 2. The van der Waals surface area contributed by atoms with E-state index in [9.17, 15) is 19.2 Å². The lowest BCUT2D eigenvalue weighted by molar-refractivity contribution is -0.139. The van der Waals surface area contributed by atoms with Gasteiger partial charge in [0.15, 0.2) is 0 Å². The van der Waals surface area contributed by atoms with Crippen molar-refractivity contribution in [3.05, 3.63) is 64.7 Å². The van der Waals surface area contributed by atoms with E-state index < -0.39 is 29.7 Å². The third kappa shape index (κ3) is 4.61. The summed E-state index contributed by atoms with van der Waals surface area (Å²) >= 11 is 6.14. The maximum absolute atomic E-state index is 13.0. The Morgan fingerprint density at radius 1 is 1.06 bits per heavy atom. The number of hydrogen-bond donors (Lipinski definition) is 1. The number of halogens is 1. The zero-order chi connectivity index (χ0) is 22.9. The Bertz CT molecular complexity index is 1040. The molecule has 1 unspecified atom stereocenters. The highest BCUT2D eigenvalue weighted by molar-refractivity contribution is 6.36. The van der Waals surface area contributed by atoms with Gasteiger partial charge in [0.2, 0.25) is 11.8 Å². The Kier molecular flexibility index (Phi) is 6.18. The largest absolute Gasteiger partial charge is 0.274 e. The zero-order valence-electron chi connectivity index (χ0n) is 17.8. The average Bonchev–Trinajstić information content (AvgIpc) is 2.99. The summed E-state index contributed by atoms with van der Waals surface area (Å²) in [5.74, 6) is -2.24. The normalized spacial score (nSPS) is 16.4. The minimum atomic E-state index is -1.15. The molecule has 2 aromatic carbocycles. The molecule has 1 heterocycles. The molecule has 0 radical (unpaired) electrons. The second-order valence-corrected chi connectivity index (χ2v) is 8.80. The van der Waals surface area contributed by atoms with Gasteiger partial charge in [-0.1, -0.05) is 56.6 Å². The fraction of sp³-hybridized carbons (Fsp3) is 0.304. The highest BCUT2D eigenvalue weighted by atomic mass is 35.5. The van der Waals surface area contributed by atoms with Crippen molar-refractivity contribution in [2.75, 3.05) is 4.90 Å². The maximum Gasteiger partial charge on any atom is 0.269 e. The molecule has 0 aliphatic carbocycles. The number of imide groups is 1. The fourth-order valence-electron chi connectivity index (χ4n) is 3.38. The van der Waals surface area contributed by atoms with Gasteiger partial charge < -0.3 is 0 Å². The van der Waals surface area contributed by atoms with Gasteiger partial charge in [0.1, 0.15) is 6.04 Å². The third-order valence-corrected chi connectivity index (χ3v) is 5.42. The topological polar surface area (TPSA) is 86.8 Å². The molecule has 1 N–H and O–H groups in total. The van der Waals surface area contributed by atoms with Crippen molar-refractivity contribution in [3.8, 4) is 0 Å². The molecule has 0 saturated carbocycles. The predicted molar refractivity (Wildman–Crippen MR) is 117 cm³/mol. The van der Waals surface area contributed by atoms with Crippen LogP contribution in [0.3, 0.4) is 0 Å². The average molecular weight is 442 g/mol. The van der Waals surface area contributed by atoms with Crippen LogP contribution in [0.4, 0.5) is 5.69 Å². The van der Waals surface area contributed by atoms with Gasteiger partial charge in [-0.2, -0.15) is 0 Å². The first-order chi connectivity index (χ1) is 14.5.